The quantitative estimate of drug-likeness (QED) is 0.315. The third-order valence-corrected chi connectivity index (χ3v) is 5.15. The van der Waals surface area contributed by atoms with E-state index in [1.807, 2.05) is 37.3 Å². The predicted octanol–water partition coefficient (Wildman–Crippen LogP) is 4.39. The number of carbonyl (C=O) groups is 2. The molecule has 2 amide bonds. The van der Waals surface area contributed by atoms with Crippen LogP contribution < -0.4 is 10.1 Å². The molecule has 0 spiro atoms. The first-order valence-electron chi connectivity index (χ1n) is 10.4. The summed E-state index contributed by atoms with van der Waals surface area (Å²) in [5.74, 6) is -0.246. The zero-order valence-electron chi connectivity index (χ0n) is 17.9. The van der Waals surface area contributed by atoms with E-state index in [-0.39, 0.29) is 23.5 Å². The Bertz CT molecular complexity index is 1220. The van der Waals surface area contributed by atoms with Crippen molar-refractivity contribution in [3.8, 4) is 5.75 Å². The summed E-state index contributed by atoms with van der Waals surface area (Å²) in [5.41, 5.74) is 2.02. The molecule has 0 fully saturated rings. The summed E-state index contributed by atoms with van der Waals surface area (Å²) < 4.78 is 5.45. The largest absolute Gasteiger partial charge is 0.494 e. The third kappa shape index (κ3) is 4.59. The van der Waals surface area contributed by atoms with Crippen LogP contribution in [0.15, 0.2) is 84.6 Å². The van der Waals surface area contributed by atoms with Crippen LogP contribution in [0.4, 0.5) is 11.4 Å². The molecule has 166 valence electrons. The van der Waals surface area contributed by atoms with Crippen molar-refractivity contribution in [2.45, 2.75) is 13.5 Å². The molecule has 8 nitrogen and oxygen atoms in total. The van der Waals surface area contributed by atoms with E-state index in [0.717, 1.165) is 5.56 Å². The maximum absolute atomic E-state index is 13.3. The van der Waals surface area contributed by atoms with Crippen LogP contribution >= 0.6 is 0 Å². The van der Waals surface area contributed by atoms with Crippen LogP contribution in [0.3, 0.4) is 0 Å². The number of hydrogen-bond acceptors (Lipinski definition) is 6. The Hall–Kier alpha value is -4.46. The fourth-order valence-electron chi connectivity index (χ4n) is 3.56. The second-order valence-corrected chi connectivity index (χ2v) is 7.32. The smallest absolute Gasteiger partial charge is 0.278 e. The molecule has 1 aliphatic rings. The molecule has 1 heterocycles. The number of nitro groups is 1. The summed E-state index contributed by atoms with van der Waals surface area (Å²) in [6.45, 7) is 2.53. The molecule has 4 rings (SSSR count). The maximum atomic E-state index is 13.3. The number of nitro benzene ring substituents is 1. The number of amides is 2. The van der Waals surface area contributed by atoms with E-state index in [4.69, 9.17) is 4.74 Å². The van der Waals surface area contributed by atoms with Crippen LogP contribution in [0.5, 0.6) is 5.75 Å². The average Bonchev–Trinajstić information content (AvgIpc) is 3.05. The highest BCUT2D eigenvalue weighted by Gasteiger charge is 2.39. The molecule has 0 saturated carbocycles. The number of hydrogen-bond donors (Lipinski definition) is 1. The van der Waals surface area contributed by atoms with E-state index in [9.17, 15) is 19.7 Å². The monoisotopic (exact) mass is 443 g/mol. The number of rotatable bonds is 8. The number of non-ortho nitro benzene ring substituents is 1. The Labute approximate surface area is 190 Å². The molecule has 3 aromatic carbocycles. The van der Waals surface area contributed by atoms with Gasteiger partial charge in [-0.2, -0.15) is 0 Å². The number of ether oxygens (including phenoxy) is 1. The molecule has 0 unspecified atom stereocenters. The van der Waals surface area contributed by atoms with Crippen molar-refractivity contribution in [3.05, 3.63) is 106 Å². The molecule has 0 bridgehead atoms. The van der Waals surface area contributed by atoms with Crippen LogP contribution in [0.25, 0.3) is 5.57 Å². The van der Waals surface area contributed by atoms with Gasteiger partial charge in [0.15, 0.2) is 0 Å². The minimum atomic E-state index is -0.513. The maximum Gasteiger partial charge on any atom is 0.278 e. The Balaban J connectivity index is 1.71. The minimum absolute atomic E-state index is 0.0988. The molecule has 1 N–H and O–H groups in total. The van der Waals surface area contributed by atoms with E-state index in [1.54, 1.807) is 24.3 Å². The highest BCUT2D eigenvalue weighted by atomic mass is 16.6. The lowest BCUT2D eigenvalue weighted by molar-refractivity contribution is -0.384. The summed E-state index contributed by atoms with van der Waals surface area (Å²) in [7, 11) is 0. The fraction of sp³-hybridized carbons (Fsp3) is 0.120. The zero-order valence-corrected chi connectivity index (χ0v) is 17.9. The topological polar surface area (TPSA) is 102 Å². The lowest BCUT2D eigenvalue weighted by atomic mass is 10.0. The summed E-state index contributed by atoms with van der Waals surface area (Å²) in [6, 6.07) is 21.8. The second-order valence-electron chi connectivity index (χ2n) is 7.32. The molecule has 0 atom stereocenters. The fourth-order valence-corrected chi connectivity index (χ4v) is 3.56. The van der Waals surface area contributed by atoms with Crippen LogP contribution in [0.1, 0.15) is 18.1 Å². The second kappa shape index (κ2) is 9.35. The third-order valence-electron chi connectivity index (χ3n) is 5.15. The lowest BCUT2D eigenvalue weighted by Gasteiger charge is -2.15. The molecule has 8 heteroatoms. The van der Waals surface area contributed by atoms with Gasteiger partial charge in [-0.25, -0.2) is 0 Å². The van der Waals surface area contributed by atoms with E-state index < -0.39 is 16.7 Å². The molecular formula is C25H21N3O5. The molecule has 1 aliphatic heterocycles. The minimum Gasteiger partial charge on any atom is -0.494 e. The number of anilines is 1. The summed E-state index contributed by atoms with van der Waals surface area (Å²) in [4.78, 5) is 38.3. The number of carbonyl (C=O) groups excluding carboxylic acids is 2. The number of nitrogens with zero attached hydrogens (tertiary/aromatic N) is 2. The SMILES string of the molecule is CCOc1ccc(NC2=C(c3ccc([N+](=O)[O-])cc3)C(=O)N(Cc3ccccc3)C2=O)cc1. The van der Waals surface area contributed by atoms with Crippen molar-refractivity contribution in [3.63, 3.8) is 0 Å². The lowest BCUT2D eigenvalue weighted by Crippen LogP contribution is -2.31. The number of nitrogens with one attached hydrogen (secondary N) is 1. The van der Waals surface area contributed by atoms with E-state index >= 15 is 0 Å². The average molecular weight is 443 g/mol. The van der Waals surface area contributed by atoms with E-state index in [2.05, 4.69) is 5.32 Å². The van der Waals surface area contributed by atoms with Gasteiger partial charge >= 0.3 is 0 Å². The van der Waals surface area contributed by atoms with Gasteiger partial charge in [-0.05, 0) is 54.4 Å². The first-order valence-corrected chi connectivity index (χ1v) is 10.4. The Morgan fingerprint density at radius 1 is 0.909 bits per heavy atom. The summed E-state index contributed by atoms with van der Waals surface area (Å²) in [6.07, 6.45) is 0. The zero-order chi connectivity index (χ0) is 23.4. The van der Waals surface area contributed by atoms with Gasteiger partial charge in [-0.3, -0.25) is 24.6 Å². The Kier molecular flexibility index (Phi) is 6.17. The number of imide groups is 1. The molecule has 33 heavy (non-hydrogen) atoms. The van der Waals surface area contributed by atoms with E-state index in [0.29, 0.717) is 23.6 Å². The van der Waals surface area contributed by atoms with Crippen molar-refractivity contribution in [1.82, 2.24) is 4.90 Å². The van der Waals surface area contributed by atoms with Crippen LogP contribution in [-0.4, -0.2) is 28.2 Å². The molecule has 0 aromatic heterocycles. The Morgan fingerprint density at radius 3 is 2.18 bits per heavy atom. The van der Waals surface area contributed by atoms with Crippen LogP contribution in [-0.2, 0) is 16.1 Å². The predicted molar refractivity (Wildman–Crippen MR) is 123 cm³/mol. The van der Waals surface area contributed by atoms with Crippen molar-refractivity contribution >= 4 is 28.8 Å². The first-order chi connectivity index (χ1) is 16.0. The summed E-state index contributed by atoms with van der Waals surface area (Å²) in [5, 5.41) is 14.1. The van der Waals surface area contributed by atoms with Gasteiger partial charge in [0.1, 0.15) is 11.4 Å². The molecule has 0 radical (unpaired) electrons. The normalized spacial score (nSPS) is 13.4. The van der Waals surface area contributed by atoms with Gasteiger partial charge in [-0.15, -0.1) is 0 Å². The van der Waals surface area contributed by atoms with Crippen molar-refractivity contribution in [1.29, 1.82) is 0 Å². The highest BCUT2D eigenvalue weighted by Crippen LogP contribution is 2.32. The molecular weight excluding hydrogens is 422 g/mol. The van der Waals surface area contributed by atoms with Crippen molar-refractivity contribution in [2.24, 2.45) is 0 Å². The van der Waals surface area contributed by atoms with Gasteiger partial charge in [-0.1, -0.05) is 30.3 Å². The molecule has 3 aromatic rings. The summed E-state index contributed by atoms with van der Waals surface area (Å²) >= 11 is 0. The molecule has 0 saturated heterocycles. The van der Waals surface area contributed by atoms with Gasteiger partial charge in [0.2, 0.25) is 0 Å². The number of benzene rings is 3. The van der Waals surface area contributed by atoms with Crippen LogP contribution in [0.2, 0.25) is 0 Å². The van der Waals surface area contributed by atoms with Gasteiger partial charge in [0.05, 0.1) is 23.6 Å². The highest BCUT2D eigenvalue weighted by molar-refractivity contribution is 6.36. The van der Waals surface area contributed by atoms with Crippen molar-refractivity contribution in [2.75, 3.05) is 11.9 Å². The van der Waals surface area contributed by atoms with Crippen molar-refractivity contribution < 1.29 is 19.2 Å². The van der Waals surface area contributed by atoms with E-state index in [1.165, 1.54) is 29.2 Å². The standard InChI is InChI=1S/C25H21N3O5/c1-2-33-21-14-10-19(11-15-21)26-23-22(18-8-12-20(13-9-18)28(31)32)24(29)27(25(23)30)16-17-6-4-3-5-7-17/h3-15,26H,2,16H2,1H3. The van der Waals surface area contributed by atoms with Gasteiger partial charge in [0.25, 0.3) is 17.5 Å². The Morgan fingerprint density at radius 2 is 1.58 bits per heavy atom. The van der Waals surface area contributed by atoms with Gasteiger partial charge < -0.3 is 10.1 Å². The molecule has 0 aliphatic carbocycles. The van der Waals surface area contributed by atoms with Gasteiger partial charge in [0, 0.05) is 17.8 Å². The first kappa shape index (κ1) is 21.8. The van der Waals surface area contributed by atoms with Crippen LogP contribution in [0, 0.1) is 10.1 Å².